The van der Waals surface area contributed by atoms with E-state index >= 15 is 0 Å². The number of anilines is 1. The number of fused-ring (bicyclic) bond motifs is 1. The monoisotopic (exact) mass is 460 g/mol. The van der Waals surface area contributed by atoms with Crippen LogP contribution in [0.5, 0.6) is 5.75 Å². The summed E-state index contributed by atoms with van der Waals surface area (Å²) in [7, 11) is 1.77. The highest BCUT2D eigenvalue weighted by atomic mass is 19.4. The molecule has 3 rings (SSSR count). The van der Waals surface area contributed by atoms with Crippen LogP contribution in [0.2, 0.25) is 0 Å². The number of amides is 2. The van der Waals surface area contributed by atoms with Crippen LogP contribution in [0.4, 0.5) is 27.6 Å². The number of nitrogens with zero attached hydrogens (tertiary/aromatic N) is 3. The predicted molar refractivity (Wildman–Crippen MR) is 103 cm³/mol. The molecule has 0 fully saturated rings. The number of carbonyl (C=O) groups excluding carboxylic acids is 2. The van der Waals surface area contributed by atoms with Gasteiger partial charge in [-0.1, -0.05) is 12.1 Å². The quantitative estimate of drug-likeness (QED) is 0.476. The van der Waals surface area contributed by atoms with E-state index in [0.29, 0.717) is 19.1 Å². The number of nitrogens with two attached hydrogens (primary N) is 1. The number of benzene rings is 1. The topological polar surface area (TPSA) is 138 Å². The number of hydrogen-bond donors (Lipinski definition) is 3. The van der Waals surface area contributed by atoms with Gasteiger partial charge in [0.05, 0.1) is 18.7 Å². The summed E-state index contributed by atoms with van der Waals surface area (Å²) in [5.41, 5.74) is 3.67. The zero-order valence-corrected chi connectivity index (χ0v) is 16.4. The van der Waals surface area contributed by atoms with Crippen molar-refractivity contribution in [2.75, 3.05) is 18.6 Å². The van der Waals surface area contributed by atoms with Crippen molar-refractivity contribution in [1.82, 2.24) is 15.2 Å². The van der Waals surface area contributed by atoms with Gasteiger partial charge in [0.2, 0.25) is 11.7 Å². The maximum Gasteiger partial charge on any atom is 0.459 e. The number of nitrogens with one attached hydrogen (secondary N) is 2. The number of aromatic nitrogens is 3. The summed E-state index contributed by atoms with van der Waals surface area (Å²) in [6, 6.07) is 7.57. The molecule has 0 atom stereocenters. The normalized spacial score (nSPS) is 14.2. The van der Waals surface area contributed by atoms with E-state index in [1.54, 1.807) is 11.9 Å². The van der Waals surface area contributed by atoms with Crippen LogP contribution in [0.15, 0.2) is 30.3 Å². The summed E-state index contributed by atoms with van der Waals surface area (Å²) < 4.78 is 66.4. The Morgan fingerprint density at radius 1 is 1.28 bits per heavy atom. The molecule has 0 saturated heterocycles. The first-order valence-electron chi connectivity index (χ1n) is 8.77. The maximum absolute atomic E-state index is 12.6. The molecule has 14 heteroatoms. The van der Waals surface area contributed by atoms with Gasteiger partial charge in [0.1, 0.15) is 17.3 Å². The third-order valence-corrected chi connectivity index (χ3v) is 4.00. The highest BCUT2D eigenvalue weighted by molar-refractivity contribution is 6.01. The molecule has 1 aromatic heterocycles. The standard InChI is InChI=1S/C10H11NO2.C8H6F5N5O/c1-11-8-4-2-3-5-9(8)13-7-6-10(11)12;9-7(10,8(11,12)13)3(14)1-2-4-16-6(5(15)19)18-17-4/h2-5H,6-7H2,1H3;1-2,14H,(H2,15,19)(H,16,17,18)/b;2-1-,14-3?. The molecule has 2 aromatic rings. The van der Waals surface area contributed by atoms with Crippen molar-refractivity contribution >= 4 is 29.3 Å². The summed E-state index contributed by atoms with van der Waals surface area (Å²) >= 11 is 0. The summed E-state index contributed by atoms with van der Waals surface area (Å²) in [4.78, 5) is 27.0. The zero-order valence-electron chi connectivity index (χ0n) is 16.4. The van der Waals surface area contributed by atoms with Gasteiger partial charge in [-0.3, -0.25) is 20.1 Å². The molecular weight excluding hydrogens is 443 g/mol. The smallest absolute Gasteiger partial charge is 0.459 e. The van der Waals surface area contributed by atoms with E-state index in [-0.39, 0.29) is 17.8 Å². The SMILES string of the molecule is CN1C(=O)CCOc2ccccc21.N=C(/C=C\c1nc(C(N)=O)n[nH]1)C(F)(F)C(F)(F)F. The Kier molecular flexibility index (Phi) is 7.28. The number of carbonyl (C=O) groups is 2. The van der Waals surface area contributed by atoms with Crippen LogP contribution >= 0.6 is 0 Å². The molecule has 32 heavy (non-hydrogen) atoms. The van der Waals surface area contributed by atoms with Gasteiger partial charge in [0.15, 0.2) is 0 Å². The molecule has 1 aliphatic heterocycles. The molecule has 1 aromatic carbocycles. The molecular formula is C18H17F5N6O3. The van der Waals surface area contributed by atoms with Crippen molar-refractivity contribution in [2.45, 2.75) is 18.5 Å². The minimum Gasteiger partial charge on any atom is -0.491 e. The number of rotatable bonds is 4. The second-order valence-electron chi connectivity index (χ2n) is 6.25. The van der Waals surface area contributed by atoms with Crippen molar-refractivity contribution in [2.24, 2.45) is 5.73 Å². The molecule has 0 unspecified atom stereocenters. The molecule has 0 aliphatic carbocycles. The Hall–Kier alpha value is -3.84. The molecule has 0 radical (unpaired) electrons. The van der Waals surface area contributed by atoms with Crippen molar-refractivity contribution in [1.29, 1.82) is 5.41 Å². The number of H-pyrrole nitrogens is 1. The highest BCUT2D eigenvalue weighted by Gasteiger charge is 2.60. The van der Waals surface area contributed by atoms with Crippen molar-refractivity contribution in [3.63, 3.8) is 0 Å². The number of aromatic amines is 1. The first-order valence-corrected chi connectivity index (χ1v) is 8.77. The van der Waals surface area contributed by atoms with Crippen LogP contribution in [-0.4, -0.2) is 58.5 Å². The van der Waals surface area contributed by atoms with Crippen LogP contribution in [0.3, 0.4) is 0 Å². The first kappa shape index (κ1) is 24.4. The highest BCUT2D eigenvalue weighted by Crippen LogP contribution is 2.36. The van der Waals surface area contributed by atoms with E-state index < -0.39 is 29.5 Å². The van der Waals surface area contributed by atoms with E-state index in [4.69, 9.17) is 15.9 Å². The number of halogens is 5. The number of alkyl halides is 5. The molecule has 4 N–H and O–H groups in total. The Labute approximate surface area is 177 Å². The fourth-order valence-electron chi connectivity index (χ4n) is 2.29. The van der Waals surface area contributed by atoms with E-state index in [1.807, 2.05) is 24.3 Å². The summed E-state index contributed by atoms with van der Waals surface area (Å²) in [6.07, 6.45) is -4.58. The molecule has 1 aliphatic rings. The Morgan fingerprint density at radius 2 is 1.94 bits per heavy atom. The van der Waals surface area contributed by atoms with Crippen molar-refractivity contribution in [3.8, 4) is 5.75 Å². The summed E-state index contributed by atoms with van der Waals surface area (Å²) in [5, 5.41) is 12.0. The number of hydrogen-bond acceptors (Lipinski definition) is 6. The summed E-state index contributed by atoms with van der Waals surface area (Å²) in [6.45, 7) is 0.472. The third kappa shape index (κ3) is 5.65. The second-order valence-corrected chi connectivity index (χ2v) is 6.25. The fraction of sp³-hybridized carbons (Fsp3) is 0.278. The summed E-state index contributed by atoms with van der Waals surface area (Å²) in [5.74, 6) is -6.16. The lowest BCUT2D eigenvalue weighted by Crippen LogP contribution is -2.42. The lowest BCUT2D eigenvalue weighted by molar-refractivity contribution is -0.249. The van der Waals surface area contributed by atoms with Crippen molar-refractivity contribution in [3.05, 3.63) is 42.0 Å². The third-order valence-electron chi connectivity index (χ3n) is 4.00. The van der Waals surface area contributed by atoms with Gasteiger partial charge in [-0.25, -0.2) is 4.98 Å². The van der Waals surface area contributed by atoms with Crippen molar-refractivity contribution < 1.29 is 36.3 Å². The molecule has 172 valence electrons. The molecule has 0 bridgehead atoms. The minimum absolute atomic E-state index is 0.102. The van der Waals surface area contributed by atoms with Crippen LogP contribution < -0.4 is 15.4 Å². The number of allylic oxidation sites excluding steroid dienone is 1. The van der Waals surface area contributed by atoms with Crippen LogP contribution in [0, 0.1) is 5.41 Å². The zero-order chi connectivity index (χ0) is 24.1. The number of ether oxygens (including phenoxy) is 1. The van der Waals surface area contributed by atoms with Gasteiger partial charge in [0.25, 0.3) is 5.91 Å². The van der Waals surface area contributed by atoms with E-state index in [2.05, 4.69) is 15.2 Å². The van der Waals surface area contributed by atoms with Gasteiger partial charge >= 0.3 is 12.1 Å². The second kappa shape index (κ2) is 9.53. The molecule has 2 heterocycles. The average Bonchev–Trinajstić information content (AvgIpc) is 3.15. The van der Waals surface area contributed by atoms with Gasteiger partial charge in [0, 0.05) is 7.05 Å². The predicted octanol–water partition coefficient (Wildman–Crippen LogP) is 2.57. The van der Waals surface area contributed by atoms with E-state index in [9.17, 15) is 31.5 Å². The Bertz CT molecular complexity index is 1030. The average molecular weight is 460 g/mol. The Balaban J connectivity index is 0.000000242. The van der Waals surface area contributed by atoms with Crippen LogP contribution in [-0.2, 0) is 4.79 Å². The molecule has 9 nitrogen and oxygen atoms in total. The lowest BCUT2D eigenvalue weighted by atomic mass is 10.2. The first-order chi connectivity index (χ1) is 14.8. The lowest BCUT2D eigenvalue weighted by Gasteiger charge is -2.18. The van der Waals surface area contributed by atoms with Crippen LogP contribution in [0.1, 0.15) is 22.9 Å². The molecule has 0 spiro atoms. The van der Waals surface area contributed by atoms with Gasteiger partial charge < -0.3 is 15.4 Å². The van der Waals surface area contributed by atoms with Gasteiger partial charge in [-0.15, -0.1) is 5.10 Å². The van der Waals surface area contributed by atoms with E-state index in [1.165, 1.54) is 0 Å². The minimum atomic E-state index is -5.87. The molecule has 0 saturated carbocycles. The molecule has 2 amide bonds. The Morgan fingerprint density at radius 3 is 2.53 bits per heavy atom. The largest absolute Gasteiger partial charge is 0.491 e. The van der Waals surface area contributed by atoms with Gasteiger partial charge in [-0.2, -0.15) is 22.0 Å². The number of para-hydroxylation sites is 2. The van der Waals surface area contributed by atoms with Crippen LogP contribution in [0.25, 0.3) is 6.08 Å². The number of primary amides is 1. The van der Waals surface area contributed by atoms with Gasteiger partial charge in [-0.05, 0) is 24.3 Å². The van der Waals surface area contributed by atoms with E-state index in [0.717, 1.165) is 11.4 Å². The maximum atomic E-state index is 12.6. The fourth-order valence-corrected chi connectivity index (χ4v) is 2.29.